The van der Waals surface area contributed by atoms with Gasteiger partial charge >= 0.3 is 0 Å². The number of hydrogen-bond donors (Lipinski definition) is 1. The maximum atomic E-state index is 12.2. The third kappa shape index (κ3) is 3.90. The molecule has 3 rings (SSSR count). The number of aromatic nitrogens is 4. The van der Waals surface area contributed by atoms with E-state index in [0.717, 1.165) is 24.1 Å². The van der Waals surface area contributed by atoms with Gasteiger partial charge in [-0.05, 0) is 41.0 Å². The smallest absolute Gasteiger partial charge is 0.224 e. The third-order valence-corrected chi connectivity index (χ3v) is 4.13. The van der Waals surface area contributed by atoms with E-state index in [4.69, 9.17) is 0 Å². The first kappa shape index (κ1) is 14.7. The van der Waals surface area contributed by atoms with Gasteiger partial charge in [0.25, 0.3) is 0 Å². The van der Waals surface area contributed by atoms with Crippen LogP contribution >= 0.6 is 0 Å². The lowest BCUT2D eigenvalue weighted by Gasteiger charge is -2.16. The molecule has 1 aliphatic rings. The Balaban J connectivity index is 1.55. The lowest BCUT2D eigenvalue weighted by molar-refractivity contribution is -0.121. The maximum absolute atomic E-state index is 12.2. The fraction of sp³-hybridized carbons (Fsp3) is 0.500. The molecule has 0 saturated heterocycles. The molecule has 0 spiro atoms. The summed E-state index contributed by atoms with van der Waals surface area (Å²) in [5, 5.41) is 14.2. The van der Waals surface area contributed by atoms with Crippen LogP contribution in [0, 0.1) is 0 Å². The van der Waals surface area contributed by atoms with Crippen LogP contribution in [0.25, 0.3) is 5.69 Å². The Labute approximate surface area is 129 Å². The lowest BCUT2D eigenvalue weighted by atomic mass is 10.1. The zero-order valence-corrected chi connectivity index (χ0v) is 12.6. The van der Waals surface area contributed by atoms with Crippen LogP contribution in [0.1, 0.15) is 44.1 Å². The molecule has 2 aromatic rings. The Morgan fingerprint density at radius 2 is 1.86 bits per heavy atom. The van der Waals surface area contributed by atoms with Crippen molar-refractivity contribution in [3.8, 4) is 5.69 Å². The van der Waals surface area contributed by atoms with Crippen molar-refractivity contribution in [2.45, 2.75) is 51.0 Å². The van der Waals surface area contributed by atoms with Gasteiger partial charge in [0, 0.05) is 6.04 Å². The molecule has 6 nitrogen and oxygen atoms in total. The largest absolute Gasteiger partial charge is 0.353 e. The summed E-state index contributed by atoms with van der Waals surface area (Å²) in [6, 6.07) is 8.10. The van der Waals surface area contributed by atoms with Crippen LogP contribution in [0.5, 0.6) is 0 Å². The molecular formula is C16H21N5O. The van der Waals surface area contributed by atoms with Gasteiger partial charge in [0.15, 0.2) is 0 Å². The van der Waals surface area contributed by atoms with Gasteiger partial charge in [-0.2, -0.15) is 0 Å². The van der Waals surface area contributed by atoms with Gasteiger partial charge in [0.2, 0.25) is 5.91 Å². The molecule has 1 saturated carbocycles. The number of rotatable bonds is 4. The monoisotopic (exact) mass is 299 g/mol. The van der Waals surface area contributed by atoms with Gasteiger partial charge in [-0.15, -0.1) is 5.10 Å². The summed E-state index contributed by atoms with van der Waals surface area (Å²) in [7, 11) is 0. The minimum absolute atomic E-state index is 0.113. The average Bonchev–Trinajstić information content (AvgIpc) is 2.94. The molecule has 1 aromatic carbocycles. The summed E-state index contributed by atoms with van der Waals surface area (Å²) in [6.07, 6.45) is 9.25. The zero-order valence-electron chi connectivity index (χ0n) is 12.6. The van der Waals surface area contributed by atoms with Gasteiger partial charge < -0.3 is 5.32 Å². The first-order valence-corrected chi connectivity index (χ1v) is 7.93. The zero-order chi connectivity index (χ0) is 15.2. The van der Waals surface area contributed by atoms with Crippen molar-refractivity contribution in [3.05, 3.63) is 36.2 Å². The molecule has 1 aliphatic carbocycles. The lowest BCUT2D eigenvalue weighted by Crippen LogP contribution is -2.35. The van der Waals surface area contributed by atoms with Crippen molar-refractivity contribution in [2.75, 3.05) is 0 Å². The quantitative estimate of drug-likeness (QED) is 0.877. The highest BCUT2D eigenvalue weighted by atomic mass is 16.1. The molecule has 0 radical (unpaired) electrons. The van der Waals surface area contributed by atoms with Crippen LogP contribution in [0.2, 0.25) is 0 Å². The molecule has 1 amide bonds. The SMILES string of the molecule is O=C(Cc1ccc(-n2cnnn2)cc1)NC1CCCCCC1. The second kappa shape index (κ2) is 7.15. The fourth-order valence-electron chi connectivity index (χ4n) is 2.93. The van der Waals surface area contributed by atoms with E-state index in [2.05, 4.69) is 20.8 Å². The Kier molecular flexibility index (Phi) is 4.78. The minimum Gasteiger partial charge on any atom is -0.353 e. The van der Waals surface area contributed by atoms with Gasteiger partial charge in [-0.25, -0.2) is 4.68 Å². The number of benzene rings is 1. The van der Waals surface area contributed by atoms with E-state index in [1.807, 2.05) is 24.3 Å². The molecule has 1 heterocycles. The van der Waals surface area contributed by atoms with Crippen LogP contribution in [-0.2, 0) is 11.2 Å². The minimum atomic E-state index is 0.113. The number of nitrogens with zero attached hydrogens (tertiary/aromatic N) is 4. The average molecular weight is 299 g/mol. The molecule has 1 aromatic heterocycles. The fourth-order valence-corrected chi connectivity index (χ4v) is 2.93. The van der Waals surface area contributed by atoms with Crippen molar-refractivity contribution in [1.82, 2.24) is 25.5 Å². The summed E-state index contributed by atoms with van der Waals surface area (Å²) in [4.78, 5) is 12.2. The summed E-state index contributed by atoms with van der Waals surface area (Å²) in [6.45, 7) is 0. The normalized spacial score (nSPS) is 16.2. The highest BCUT2D eigenvalue weighted by Crippen LogP contribution is 2.17. The number of hydrogen-bond acceptors (Lipinski definition) is 4. The molecule has 0 aliphatic heterocycles. The van der Waals surface area contributed by atoms with Crippen LogP contribution in [-0.4, -0.2) is 32.2 Å². The van der Waals surface area contributed by atoms with Crippen molar-refractivity contribution in [1.29, 1.82) is 0 Å². The number of carbonyl (C=O) groups excluding carboxylic acids is 1. The predicted octanol–water partition coefficient (Wildman–Crippen LogP) is 2.04. The van der Waals surface area contributed by atoms with E-state index in [1.54, 1.807) is 11.0 Å². The number of tetrazole rings is 1. The third-order valence-electron chi connectivity index (χ3n) is 4.13. The van der Waals surface area contributed by atoms with E-state index in [0.29, 0.717) is 12.5 Å². The number of nitrogens with one attached hydrogen (secondary N) is 1. The van der Waals surface area contributed by atoms with E-state index in [-0.39, 0.29) is 5.91 Å². The first-order chi connectivity index (χ1) is 10.8. The molecule has 1 fully saturated rings. The van der Waals surface area contributed by atoms with Gasteiger partial charge in [0.1, 0.15) is 6.33 Å². The van der Waals surface area contributed by atoms with Crippen molar-refractivity contribution < 1.29 is 4.79 Å². The van der Waals surface area contributed by atoms with Crippen LogP contribution < -0.4 is 5.32 Å². The highest BCUT2D eigenvalue weighted by Gasteiger charge is 2.14. The Bertz CT molecular complexity index is 586. The Morgan fingerprint density at radius 3 is 2.50 bits per heavy atom. The molecule has 0 unspecified atom stereocenters. The summed E-state index contributed by atoms with van der Waals surface area (Å²) >= 11 is 0. The molecule has 0 atom stereocenters. The van der Waals surface area contributed by atoms with Crippen molar-refractivity contribution in [3.63, 3.8) is 0 Å². The first-order valence-electron chi connectivity index (χ1n) is 7.93. The van der Waals surface area contributed by atoms with E-state index < -0.39 is 0 Å². The molecular weight excluding hydrogens is 278 g/mol. The Morgan fingerprint density at radius 1 is 1.14 bits per heavy atom. The molecule has 116 valence electrons. The van der Waals surface area contributed by atoms with Crippen LogP contribution in [0.15, 0.2) is 30.6 Å². The topological polar surface area (TPSA) is 72.7 Å². The molecule has 1 N–H and O–H groups in total. The summed E-state index contributed by atoms with van der Waals surface area (Å²) in [5.74, 6) is 0.113. The maximum Gasteiger partial charge on any atom is 0.224 e. The van der Waals surface area contributed by atoms with Gasteiger partial charge in [0.05, 0.1) is 12.1 Å². The Hall–Kier alpha value is -2.24. The molecule has 22 heavy (non-hydrogen) atoms. The van der Waals surface area contributed by atoms with E-state index in [9.17, 15) is 4.79 Å². The number of amides is 1. The highest BCUT2D eigenvalue weighted by molar-refractivity contribution is 5.78. The van der Waals surface area contributed by atoms with Gasteiger partial charge in [-0.3, -0.25) is 4.79 Å². The van der Waals surface area contributed by atoms with Crippen LogP contribution in [0.3, 0.4) is 0 Å². The second-order valence-electron chi connectivity index (χ2n) is 5.85. The van der Waals surface area contributed by atoms with E-state index >= 15 is 0 Å². The van der Waals surface area contributed by atoms with Crippen LogP contribution in [0.4, 0.5) is 0 Å². The van der Waals surface area contributed by atoms with Crippen molar-refractivity contribution >= 4 is 5.91 Å². The number of carbonyl (C=O) groups is 1. The standard InChI is InChI=1S/C16H21N5O/c22-16(18-14-5-3-1-2-4-6-14)11-13-7-9-15(10-8-13)21-12-17-19-20-21/h7-10,12,14H,1-6,11H2,(H,18,22). The van der Waals surface area contributed by atoms with E-state index in [1.165, 1.54) is 25.7 Å². The summed E-state index contributed by atoms with van der Waals surface area (Å²) in [5.41, 5.74) is 1.89. The second-order valence-corrected chi connectivity index (χ2v) is 5.85. The summed E-state index contributed by atoms with van der Waals surface area (Å²) < 4.78 is 1.59. The molecule has 0 bridgehead atoms. The van der Waals surface area contributed by atoms with Crippen molar-refractivity contribution in [2.24, 2.45) is 0 Å². The van der Waals surface area contributed by atoms with Gasteiger partial charge in [-0.1, -0.05) is 37.8 Å². The molecule has 6 heteroatoms. The predicted molar refractivity (Wildman–Crippen MR) is 82.5 cm³/mol.